The number of nitrogens with one attached hydrogen (secondary N) is 1. The van der Waals surface area contributed by atoms with Gasteiger partial charge in [0.15, 0.2) is 5.16 Å². The van der Waals surface area contributed by atoms with E-state index in [4.69, 9.17) is 0 Å². The molecule has 1 aliphatic rings. The fraction of sp³-hybridized carbons (Fsp3) is 0.200. The van der Waals surface area contributed by atoms with Crippen LogP contribution in [0.4, 0.5) is 5.95 Å². The normalized spacial score (nSPS) is 12.2. The summed E-state index contributed by atoms with van der Waals surface area (Å²) in [5.41, 5.74) is 3.67. The van der Waals surface area contributed by atoms with Crippen molar-refractivity contribution in [2.24, 2.45) is 0 Å². The first kappa shape index (κ1) is 25.0. The summed E-state index contributed by atoms with van der Waals surface area (Å²) in [7, 11) is 0. The van der Waals surface area contributed by atoms with Gasteiger partial charge in [0.2, 0.25) is 5.95 Å². The predicted molar refractivity (Wildman–Crippen MR) is 147 cm³/mol. The van der Waals surface area contributed by atoms with Gasteiger partial charge in [-0.1, -0.05) is 84.7 Å². The van der Waals surface area contributed by atoms with E-state index in [1.54, 1.807) is 24.8 Å². The Labute approximate surface area is 217 Å². The molecule has 2 aromatic heterocycles. The quantitative estimate of drug-likeness (QED) is 0.222. The van der Waals surface area contributed by atoms with Crippen molar-refractivity contribution in [2.45, 2.75) is 36.9 Å². The SMILES string of the molecule is C(#Cc1cnc(NC2CCCC2)nc1)c1ccccc1.CSc1ncc(C#Cc2ccccc2)cn1. The zero-order valence-corrected chi connectivity index (χ0v) is 21.0. The third kappa shape index (κ3) is 8.27. The first-order chi connectivity index (χ1) is 17.8. The molecule has 0 spiro atoms. The molecule has 2 heterocycles. The summed E-state index contributed by atoms with van der Waals surface area (Å²) >= 11 is 1.52. The standard InChI is InChI=1S/C17H17N3.C13H10N2S/c1-2-6-14(7-3-1)10-11-15-12-18-17(19-13-15)20-16-8-4-5-9-16;1-16-13-14-9-12(10-15-13)8-7-11-5-3-2-4-6-11/h1-3,6-7,12-13,16H,4-5,8-9H2,(H,18,19,20);2-6,9-10H,1H3. The van der Waals surface area contributed by atoms with Crippen molar-refractivity contribution < 1.29 is 0 Å². The number of thioether (sulfide) groups is 1. The predicted octanol–water partition coefficient (Wildman–Crippen LogP) is 5.83. The van der Waals surface area contributed by atoms with Crippen molar-refractivity contribution in [2.75, 3.05) is 11.6 Å². The van der Waals surface area contributed by atoms with E-state index in [1.165, 1.54) is 37.4 Å². The molecule has 0 unspecified atom stereocenters. The molecule has 1 aliphatic carbocycles. The molecule has 36 heavy (non-hydrogen) atoms. The molecule has 6 heteroatoms. The lowest BCUT2D eigenvalue weighted by atomic mass is 10.2. The van der Waals surface area contributed by atoms with Crippen molar-refractivity contribution in [3.63, 3.8) is 0 Å². The molecular formula is C30H27N5S. The third-order valence-electron chi connectivity index (χ3n) is 5.40. The molecule has 4 aromatic rings. The van der Waals surface area contributed by atoms with E-state index in [0.717, 1.165) is 27.4 Å². The van der Waals surface area contributed by atoms with Gasteiger partial charge in [-0.15, -0.1) is 0 Å². The van der Waals surface area contributed by atoms with Crippen LogP contribution in [0, 0.1) is 23.7 Å². The van der Waals surface area contributed by atoms with Gasteiger partial charge in [-0.05, 0) is 43.4 Å². The van der Waals surface area contributed by atoms with Crippen LogP contribution in [-0.4, -0.2) is 32.2 Å². The Morgan fingerprint density at radius 3 is 1.56 bits per heavy atom. The topological polar surface area (TPSA) is 63.6 Å². The van der Waals surface area contributed by atoms with E-state index in [1.807, 2.05) is 66.9 Å². The van der Waals surface area contributed by atoms with Gasteiger partial charge < -0.3 is 5.32 Å². The van der Waals surface area contributed by atoms with E-state index >= 15 is 0 Å². The fourth-order valence-electron chi connectivity index (χ4n) is 3.54. The number of benzene rings is 2. The van der Waals surface area contributed by atoms with Crippen LogP contribution in [0.5, 0.6) is 0 Å². The number of hydrogen-bond donors (Lipinski definition) is 1. The van der Waals surface area contributed by atoms with Crippen LogP contribution >= 0.6 is 11.8 Å². The van der Waals surface area contributed by atoms with Crippen LogP contribution in [0.1, 0.15) is 47.9 Å². The van der Waals surface area contributed by atoms with E-state index in [-0.39, 0.29) is 0 Å². The van der Waals surface area contributed by atoms with E-state index < -0.39 is 0 Å². The van der Waals surface area contributed by atoms with Crippen molar-refractivity contribution in [1.29, 1.82) is 0 Å². The van der Waals surface area contributed by atoms with E-state index in [2.05, 4.69) is 48.9 Å². The molecule has 0 saturated heterocycles. The number of anilines is 1. The Kier molecular flexibility index (Phi) is 9.49. The molecule has 1 fully saturated rings. The molecule has 5 nitrogen and oxygen atoms in total. The highest BCUT2D eigenvalue weighted by atomic mass is 32.2. The minimum absolute atomic E-state index is 0.538. The maximum absolute atomic E-state index is 4.33. The van der Waals surface area contributed by atoms with Gasteiger partial charge in [0.05, 0.1) is 11.1 Å². The summed E-state index contributed by atoms with van der Waals surface area (Å²) in [4.78, 5) is 17.0. The second kappa shape index (κ2) is 13.7. The Bertz CT molecular complexity index is 1330. The Morgan fingerprint density at radius 2 is 1.08 bits per heavy atom. The van der Waals surface area contributed by atoms with Gasteiger partial charge in [0, 0.05) is 42.0 Å². The Balaban J connectivity index is 0.000000174. The molecule has 2 aromatic carbocycles. The highest BCUT2D eigenvalue weighted by Crippen LogP contribution is 2.20. The minimum atomic E-state index is 0.538. The molecule has 0 atom stereocenters. The van der Waals surface area contributed by atoms with E-state index in [0.29, 0.717) is 12.0 Å². The van der Waals surface area contributed by atoms with Crippen molar-refractivity contribution in [1.82, 2.24) is 19.9 Å². The lowest BCUT2D eigenvalue weighted by molar-refractivity contribution is 0.744. The average Bonchev–Trinajstić information content (AvgIpc) is 3.46. The summed E-state index contributed by atoms with van der Waals surface area (Å²) in [6.45, 7) is 0. The molecule has 1 N–H and O–H groups in total. The van der Waals surface area contributed by atoms with Crippen LogP contribution in [0.25, 0.3) is 0 Å². The largest absolute Gasteiger partial charge is 0.351 e. The first-order valence-electron chi connectivity index (χ1n) is 11.9. The highest BCUT2D eigenvalue weighted by Gasteiger charge is 2.15. The van der Waals surface area contributed by atoms with Gasteiger partial charge in [-0.3, -0.25) is 0 Å². The number of aromatic nitrogens is 4. The Hall–Kier alpha value is -4.13. The van der Waals surface area contributed by atoms with Crippen LogP contribution in [-0.2, 0) is 0 Å². The summed E-state index contributed by atoms with van der Waals surface area (Å²) in [5, 5.41) is 4.14. The monoisotopic (exact) mass is 489 g/mol. The summed E-state index contributed by atoms with van der Waals surface area (Å²) in [5.74, 6) is 13.0. The molecule has 0 bridgehead atoms. The van der Waals surface area contributed by atoms with Gasteiger partial charge in [0.25, 0.3) is 0 Å². The lowest BCUT2D eigenvalue weighted by Crippen LogP contribution is -2.16. The fourth-order valence-corrected chi connectivity index (χ4v) is 3.85. The van der Waals surface area contributed by atoms with Gasteiger partial charge in [-0.2, -0.15) is 0 Å². The zero-order valence-electron chi connectivity index (χ0n) is 20.2. The number of rotatable bonds is 3. The maximum Gasteiger partial charge on any atom is 0.222 e. The molecule has 1 saturated carbocycles. The molecule has 0 aliphatic heterocycles. The van der Waals surface area contributed by atoms with Crippen LogP contribution < -0.4 is 5.32 Å². The lowest BCUT2D eigenvalue weighted by Gasteiger charge is -2.10. The van der Waals surface area contributed by atoms with Crippen molar-refractivity contribution in [3.05, 3.63) is 108 Å². The molecular weight excluding hydrogens is 462 g/mol. The van der Waals surface area contributed by atoms with Gasteiger partial charge in [-0.25, -0.2) is 19.9 Å². The van der Waals surface area contributed by atoms with Crippen LogP contribution in [0.3, 0.4) is 0 Å². The van der Waals surface area contributed by atoms with Crippen LogP contribution in [0.2, 0.25) is 0 Å². The molecule has 0 radical (unpaired) electrons. The van der Waals surface area contributed by atoms with Crippen molar-refractivity contribution in [3.8, 4) is 23.7 Å². The smallest absolute Gasteiger partial charge is 0.222 e. The number of hydrogen-bond acceptors (Lipinski definition) is 6. The first-order valence-corrected chi connectivity index (χ1v) is 13.1. The molecule has 178 valence electrons. The van der Waals surface area contributed by atoms with Gasteiger partial charge >= 0.3 is 0 Å². The van der Waals surface area contributed by atoms with Crippen LogP contribution in [0.15, 0.2) is 90.6 Å². The highest BCUT2D eigenvalue weighted by molar-refractivity contribution is 7.98. The van der Waals surface area contributed by atoms with E-state index in [9.17, 15) is 0 Å². The average molecular weight is 490 g/mol. The second-order valence-electron chi connectivity index (χ2n) is 8.11. The molecule has 0 amide bonds. The third-order valence-corrected chi connectivity index (χ3v) is 5.98. The zero-order chi connectivity index (χ0) is 24.8. The summed E-state index contributed by atoms with van der Waals surface area (Å²) in [6, 6.07) is 20.3. The maximum atomic E-state index is 4.33. The Morgan fingerprint density at radius 1 is 0.639 bits per heavy atom. The summed E-state index contributed by atoms with van der Waals surface area (Å²) in [6.07, 6.45) is 14.0. The second-order valence-corrected chi connectivity index (χ2v) is 8.88. The van der Waals surface area contributed by atoms with Gasteiger partial charge in [0.1, 0.15) is 0 Å². The van der Waals surface area contributed by atoms with Crippen molar-refractivity contribution >= 4 is 17.7 Å². The summed E-state index contributed by atoms with van der Waals surface area (Å²) < 4.78 is 0. The number of nitrogens with zero attached hydrogens (tertiary/aromatic N) is 4. The minimum Gasteiger partial charge on any atom is -0.351 e. The molecule has 5 rings (SSSR count).